The third-order valence-electron chi connectivity index (χ3n) is 4.15. The second kappa shape index (κ2) is 9.05. The molecule has 25 heavy (non-hydrogen) atoms. The van der Waals surface area contributed by atoms with E-state index in [1.807, 2.05) is 37.3 Å². The Bertz CT molecular complexity index is 598. The summed E-state index contributed by atoms with van der Waals surface area (Å²) < 4.78 is 5.23. The molecule has 2 N–H and O–H groups in total. The number of esters is 1. The molecule has 1 heterocycles. The zero-order chi connectivity index (χ0) is 18.2. The lowest BCUT2D eigenvalue weighted by molar-refractivity contribution is -0.159. The number of nitrogens with one attached hydrogen (secondary N) is 2. The molecular weight excluding hydrogens is 322 g/mol. The molecule has 0 unspecified atom stereocenters. The smallest absolute Gasteiger partial charge is 0.321 e. The highest BCUT2D eigenvalue weighted by atomic mass is 16.5. The molecule has 3 amide bonds. The Morgan fingerprint density at radius 3 is 2.44 bits per heavy atom. The van der Waals surface area contributed by atoms with Crippen LogP contribution in [0.5, 0.6) is 0 Å². The molecule has 0 aliphatic carbocycles. The minimum absolute atomic E-state index is 0.172. The van der Waals surface area contributed by atoms with E-state index in [0.29, 0.717) is 32.5 Å². The van der Waals surface area contributed by atoms with Crippen molar-refractivity contribution in [2.75, 3.05) is 25.0 Å². The van der Waals surface area contributed by atoms with Crippen molar-refractivity contribution in [3.63, 3.8) is 0 Å². The molecule has 1 atom stereocenters. The van der Waals surface area contributed by atoms with Gasteiger partial charge in [0.15, 0.2) is 6.10 Å². The lowest BCUT2D eigenvalue weighted by Gasteiger charge is -2.31. The van der Waals surface area contributed by atoms with E-state index >= 15 is 0 Å². The van der Waals surface area contributed by atoms with Gasteiger partial charge < -0.3 is 20.3 Å². The summed E-state index contributed by atoms with van der Waals surface area (Å²) in [5.74, 6) is -0.949. The Morgan fingerprint density at radius 1 is 1.20 bits per heavy atom. The van der Waals surface area contributed by atoms with Gasteiger partial charge in [-0.2, -0.15) is 0 Å². The SMILES string of the molecule is CCNC(=O)[C@@H](C)OC(=O)C1CCN(C(=O)Nc2ccccc2)CC1. The maximum absolute atomic E-state index is 12.2. The van der Waals surface area contributed by atoms with E-state index in [9.17, 15) is 14.4 Å². The fraction of sp³-hybridized carbons (Fsp3) is 0.500. The largest absolute Gasteiger partial charge is 0.452 e. The van der Waals surface area contributed by atoms with Gasteiger partial charge in [-0.25, -0.2) is 4.79 Å². The molecule has 1 fully saturated rings. The van der Waals surface area contributed by atoms with Crippen molar-refractivity contribution < 1.29 is 19.1 Å². The number of piperidine rings is 1. The highest BCUT2D eigenvalue weighted by molar-refractivity contribution is 5.89. The molecule has 1 aliphatic heterocycles. The van der Waals surface area contributed by atoms with Crippen LogP contribution in [0, 0.1) is 5.92 Å². The minimum Gasteiger partial charge on any atom is -0.452 e. The summed E-state index contributed by atoms with van der Waals surface area (Å²) in [5.41, 5.74) is 0.741. The lowest BCUT2D eigenvalue weighted by atomic mass is 9.97. The topological polar surface area (TPSA) is 87.7 Å². The van der Waals surface area contributed by atoms with Gasteiger partial charge in [0.05, 0.1) is 5.92 Å². The van der Waals surface area contributed by atoms with Crippen molar-refractivity contribution >= 4 is 23.6 Å². The van der Waals surface area contributed by atoms with Crippen molar-refractivity contribution in [1.82, 2.24) is 10.2 Å². The zero-order valence-electron chi connectivity index (χ0n) is 14.7. The number of likely N-dealkylation sites (N-methyl/N-ethyl adjacent to an activating group) is 1. The van der Waals surface area contributed by atoms with Crippen LogP contribution in [0.25, 0.3) is 0 Å². The number of likely N-dealkylation sites (tertiary alicyclic amines) is 1. The molecule has 0 saturated carbocycles. The summed E-state index contributed by atoms with van der Waals surface area (Å²) >= 11 is 0. The number of rotatable bonds is 5. The van der Waals surface area contributed by atoms with Crippen LogP contribution in [-0.2, 0) is 14.3 Å². The monoisotopic (exact) mass is 347 g/mol. The molecule has 1 aromatic rings. The Labute approximate surface area is 147 Å². The van der Waals surface area contributed by atoms with Gasteiger partial charge in [0.1, 0.15) is 0 Å². The summed E-state index contributed by atoms with van der Waals surface area (Å²) in [7, 11) is 0. The minimum atomic E-state index is -0.799. The summed E-state index contributed by atoms with van der Waals surface area (Å²) in [6.07, 6.45) is 0.263. The number of hydrogen-bond donors (Lipinski definition) is 2. The standard InChI is InChI=1S/C18H25N3O4/c1-3-19-16(22)13(2)25-17(23)14-9-11-21(12-10-14)18(24)20-15-7-5-4-6-8-15/h4-8,13-14H,3,9-12H2,1-2H3,(H,19,22)(H,20,24)/t13-/m1/s1. The van der Waals surface area contributed by atoms with Gasteiger partial charge in [0, 0.05) is 25.3 Å². The van der Waals surface area contributed by atoms with Crippen molar-refractivity contribution in [2.24, 2.45) is 5.92 Å². The summed E-state index contributed by atoms with van der Waals surface area (Å²) in [6.45, 7) is 4.82. The average molecular weight is 347 g/mol. The predicted molar refractivity (Wildman–Crippen MR) is 94.0 cm³/mol. The van der Waals surface area contributed by atoms with Crippen molar-refractivity contribution in [3.8, 4) is 0 Å². The van der Waals surface area contributed by atoms with Crippen LogP contribution in [0.3, 0.4) is 0 Å². The van der Waals surface area contributed by atoms with Crippen LogP contribution in [-0.4, -0.2) is 48.5 Å². The molecule has 136 valence electrons. The van der Waals surface area contributed by atoms with Crippen LogP contribution < -0.4 is 10.6 Å². The van der Waals surface area contributed by atoms with Crippen molar-refractivity contribution in [2.45, 2.75) is 32.8 Å². The number of nitrogens with zero attached hydrogens (tertiary/aromatic N) is 1. The fourth-order valence-corrected chi connectivity index (χ4v) is 2.68. The maximum Gasteiger partial charge on any atom is 0.321 e. The zero-order valence-corrected chi connectivity index (χ0v) is 14.7. The molecule has 1 aliphatic rings. The second-order valence-corrected chi connectivity index (χ2v) is 6.03. The number of carbonyl (C=O) groups is 3. The molecule has 0 bridgehead atoms. The molecule has 0 spiro atoms. The van der Waals surface area contributed by atoms with Gasteiger partial charge in [-0.1, -0.05) is 18.2 Å². The quantitative estimate of drug-likeness (QED) is 0.798. The molecule has 1 saturated heterocycles. The van der Waals surface area contributed by atoms with E-state index in [1.54, 1.807) is 11.8 Å². The molecule has 1 aromatic carbocycles. The number of benzene rings is 1. The average Bonchev–Trinajstić information content (AvgIpc) is 2.62. The Balaban J connectivity index is 1.77. The van der Waals surface area contributed by atoms with E-state index in [0.717, 1.165) is 5.69 Å². The van der Waals surface area contributed by atoms with Crippen molar-refractivity contribution in [3.05, 3.63) is 30.3 Å². The molecule has 0 aromatic heterocycles. The number of urea groups is 1. The number of hydrogen-bond acceptors (Lipinski definition) is 4. The van der Waals surface area contributed by atoms with Crippen LogP contribution in [0.1, 0.15) is 26.7 Å². The summed E-state index contributed by atoms with van der Waals surface area (Å²) in [4.78, 5) is 37.7. The van der Waals surface area contributed by atoms with Gasteiger partial charge in [-0.05, 0) is 38.8 Å². The third-order valence-corrected chi connectivity index (χ3v) is 4.15. The molecule has 7 heteroatoms. The predicted octanol–water partition coefficient (Wildman–Crippen LogP) is 2.00. The summed E-state index contributed by atoms with van der Waals surface area (Å²) in [5, 5.41) is 5.46. The number of para-hydroxylation sites is 1. The molecule has 0 radical (unpaired) electrons. The van der Waals surface area contributed by atoms with Gasteiger partial charge in [0.2, 0.25) is 0 Å². The van der Waals surface area contributed by atoms with E-state index in [1.165, 1.54) is 0 Å². The fourth-order valence-electron chi connectivity index (χ4n) is 2.68. The second-order valence-electron chi connectivity index (χ2n) is 6.03. The van der Waals surface area contributed by atoms with Crippen LogP contribution in [0.4, 0.5) is 10.5 Å². The number of amides is 3. The number of carbonyl (C=O) groups excluding carboxylic acids is 3. The van der Waals surface area contributed by atoms with Gasteiger partial charge >= 0.3 is 12.0 Å². The van der Waals surface area contributed by atoms with Crippen molar-refractivity contribution in [1.29, 1.82) is 0 Å². The van der Waals surface area contributed by atoms with E-state index in [-0.39, 0.29) is 23.8 Å². The molecule has 2 rings (SSSR count). The highest BCUT2D eigenvalue weighted by Gasteiger charge is 2.30. The maximum atomic E-state index is 12.2. The molecule has 7 nitrogen and oxygen atoms in total. The Kier molecular flexibility index (Phi) is 6.80. The van der Waals surface area contributed by atoms with Gasteiger partial charge in [0.25, 0.3) is 5.91 Å². The first kappa shape index (κ1) is 18.8. The number of anilines is 1. The van der Waals surface area contributed by atoms with Gasteiger partial charge in [-0.15, -0.1) is 0 Å². The third kappa shape index (κ3) is 5.48. The van der Waals surface area contributed by atoms with Crippen LogP contribution in [0.15, 0.2) is 30.3 Å². The summed E-state index contributed by atoms with van der Waals surface area (Å²) in [6, 6.07) is 9.07. The van der Waals surface area contributed by atoms with Crippen LogP contribution >= 0.6 is 0 Å². The highest BCUT2D eigenvalue weighted by Crippen LogP contribution is 2.20. The molecular formula is C18H25N3O4. The van der Waals surface area contributed by atoms with Crippen LogP contribution in [0.2, 0.25) is 0 Å². The Hall–Kier alpha value is -2.57. The van der Waals surface area contributed by atoms with E-state index < -0.39 is 6.10 Å². The Morgan fingerprint density at radius 2 is 1.84 bits per heavy atom. The van der Waals surface area contributed by atoms with E-state index in [2.05, 4.69) is 10.6 Å². The first-order chi connectivity index (χ1) is 12.0. The van der Waals surface area contributed by atoms with E-state index in [4.69, 9.17) is 4.74 Å². The normalized spacial score (nSPS) is 16.0. The first-order valence-corrected chi connectivity index (χ1v) is 8.60. The number of ether oxygens (including phenoxy) is 1. The van der Waals surface area contributed by atoms with Gasteiger partial charge in [-0.3, -0.25) is 9.59 Å². The lowest BCUT2D eigenvalue weighted by Crippen LogP contribution is -2.44. The first-order valence-electron chi connectivity index (χ1n) is 8.60.